The molecule has 0 radical (unpaired) electrons. The van der Waals surface area contributed by atoms with Crippen LogP contribution in [0, 0.1) is 0 Å². The number of rotatable bonds is 4. The summed E-state index contributed by atoms with van der Waals surface area (Å²) in [6.45, 7) is 3.10. The van der Waals surface area contributed by atoms with Crippen molar-refractivity contribution in [3.8, 4) is 5.75 Å². The minimum absolute atomic E-state index is 0. The summed E-state index contributed by atoms with van der Waals surface area (Å²) >= 11 is 0. The van der Waals surface area contributed by atoms with Crippen molar-refractivity contribution in [1.29, 1.82) is 0 Å². The summed E-state index contributed by atoms with van der Waals surface area (Å²) in [6, 6.07) is 5.92. The Balaban J connectivity index is 0.00000176. The van der Waals surface area contributed by atoms with Crippen molar-refractivity contribution in [3.05, 3.63) is 23.9 Å². The predicted octanol–water partition coefficient (Wildman–Crippen LogP) is 2.33. The number of fused-ring (bicyclic) bond motifs is 1. The number of nitrogens with one attached hydrogen (secondary N) is 1. The lowest BCUT2D eigenvalue weighted by molar-refractivity contribution is 0.219. The largest absolute Gasteiger partial charge is 0.497 e. The van der Waals surface area contributed by atoms with Crippen LogP contribution in [0.4, 0.5) is 5.82 Å². The quantitative estimate of drug-likeness (QED) is 0.664. The smallest absolute Gasteiger partial charge is 0.170 e. The highest BCUT2D eigenvalue weighted by Gasteiger charge is 2.15. The minimum Gasteiger partial charge on any atom is -0.497 e. The van der Waals surface area contributed by atoms with E-state index in [-0.39, 0.29) is 12.4 Å². The number of methoxy groups -OCH3 is 1. The number of nitrogens with two attached hydrogens (primary N) is 1. The van der Waals surface area contributed by atoms with Gasteiger partial charge < -0.3 is 10.2 Å². The highest BCUT2D eigenvalue weighted by Crippen LogP contribution is 2.28. The van der Waals surface area contributed by atoms with E-state index in [1.165, 1.54) is 19.3 Å². The molecular formula is C15H22ClN5O. The van der Waals surface area contributed by atoms with Gasteiger partial charge in [-0.15, -0.1) is 17.5 Å². The van der Waals surface area contributed by atoms with Gasteiger partial charge in [-0.1, -0.05) is 6.42 Å². The van der Waals surface area contributed by atoms with E-state index in [4.69, 9.17) is 10.6 Å². The van der Waals surface area contributed by atoms with E-state index in [0.717, 1.165) is 41.9 Å². The molecule has 0 atom stereocenters. The normalized spacial score (nSPS) is 15.4. The molecular weight excluding hydrogens is 302 g/mol. The first-order valence-corrected chi connectivity index (χ1v) is 7.34. The number of anilines is 1. The van der Waals surface area contributed by atoms with Crippen molar-refractivity contribution in [2.45, 2.75) is 25.8 Å². The van der Waals surface area contributed by atoms with E-state index in [1.54, 1.807) is 7.11 Å². The average molecular weight is 324 g/mol. The van der Waals surface area contributed by atoms with Crippen molar-refractivity contribution in [2.75, 3.05) is 25.6 Å². The average Bonchev–Trinajstić information content (AvgIpc) is 2.55. The van der Waals surface area contributed by atoms with Gasteiger partial charge in [-0.05, 0) is 44.1 Å². The van der Waals surface area contributed by atoms with Gasteiger partial charge in [0.25, 0.3) is 0 Å². The number of benzene rings is 1. The number of piperidine rings is 1. The van der Waals surface area contributed by atoms with Crippen molar-refractivity contribution in [2.24, 2.45) is 5.84 Å². The first-order valence-electron chi connectivity index (χ1n) is 7.34. The van der Waals surface area contributed by atoms with E-state index < -0.39 is 0 Å². The molecule has 1 saturated heterocycles. The number of nitrogens with zero attached hydrogens (tertiary/aromatic N) is 3. The first-order chi connectivity index (χ1) is 10.3. The summed E-state index contributed by atoms with van der Waals surface area (Å²) in [4.78, 5) is 2.44. The van der Waals surface area contributed by atoms with Crippen LogP contribution in [0.5, 0.6) is 5.75 Å². The van der Waals surface area contributed by atoms with Crippen molar-refractivity contribution < 1.29 is 4.74 Å². The maximum Gasteiger partial charge on any atom is 0.170 e. The van der Waals surface area contributed by atoms with Gasteiger partial charge >= 0.3 is 0 Å². The molecule has 3 rings (SSSR count). The number of likely N-dealkylation sites (tertiary alicyclic amines) is 1. The minimum atomic E-state index is 0. The van der Waals surface area contributed by atoms with Crippen LogP contribution < -0.4 is 16.0 Å². The number of halogens is 1. The Kier molecular flexibility index (Phi) is 5.76. The molecule has 0 spiro atoms. The van der Waals surface area contributed by atoms with E-state index >= 15 is 0 Å². The summed E-state index contributed by atoms with van der Waals surface area (Å²) in [6.07, 6.45) is 3.86. The van der Waals surface area contributed by atoms with Crippen molar-refractivity contribution in [3.63, 3.8) is 0 Å². The molecule has 0 saturated carbocycles. The molecule has 1 aliphatic rings. The lowest BCUT2D eigenvalue weighted by Crippen LogP contribution is -2.29. The summed E-state index contributed by atoms with van der Waals surface area (Å²) in [5.41, 5.74) is 3.60. The van der Waals surface area contributed by atoms with Crippen LogP contribution in [0.3, 0.4) is 0 Å². The van der Waals surface area contributed by atoms with Gasteiger partial charge in [-0.25, -0.2) is 5.84 Å². The maximum absolute atomic E-state index is 5.54. The maximum atomic E-state index is 5.54. The number of nitrogen functional groups attached to an aromatic ring is 1. The molecule has 1 aromatic carbocycles. The SMILES string of the molecule is COc1ccc2c(CN3CCCCC3)nnc(NN)c2c1.Cl. The Morgan fingerprint density at radius 3 is 2.64 bits per heavy atom. The summed E-state index contributed by atoms with van der Waals surface area (Å²) < 4.78 is 5.28. The van der Waals surface area contributed by atoms with Gasteiger partial charge in [-0.2, -0.15) is 5.10 Å². The van der Waals surface area contributed by atoms with Crippen LogP contribution >= 0.6 is 12.4 Å². The number of hydrogen-bond donors (Lipinski definition) is 2. The summed E-state index contributed by atoms with van der Waals surface area (Å²) in [5.74, 6) is 6.90. The van der Waals surface area contributed by atoms with E-state index in [1.807, 2.05) is 18.2 Å². The topological polar surface area (TPSA) is 76.3 Å². The fourth-order valence-electron chi connectivity index (χ4n) is 2.87. The van der Waals surface area contributed by atoms with Gasteiger partial charge in [-0.3, -0.25) is 4.90 Å². The Labute approximate surface area is 136 Å². The van der Waals surface area contributed by atoms with Crippen LogP contribution in [0.2, 0.25) is 0 Å². The van der Waals surface area contributed by atoms with E-state index in [9.17, 15) is 0 Å². The van der Waals surface area contributed by atoms with Crippen LogP contribution in [0.1, 0.15) is 25.0 Å². The zero-order valence-electron chi connectivity index (χ0n) is 12.7. The van der Waals surface area contributed by atoms with Crippen LogP contribution in [-0.4, -0.2) is 35.3 Å². The highest BCUT2D eigenvalue weighted by atomic mass is 35.5. The fourth-order valence-corrected chi connectivity index (χ4v) is 2.87. The predicted molar refractivity (Wildman–Crippen MR) is 90.3 cm³/mol. The van der Waals surface area contributed by atoms with Crippen LogP contribution in [0.15, 0.2) is 18.2 Å². The lowest BCUT2D eigenvalue weighted by atomic mass is 10.1. The molecule has 22 heavy (non-hydrogen) atoms. The van der Waals surface area contributed by atoms with Gasteiger partial charge in [0.15, 0.2) is 5.82 Å². The second kappa shape index (κ2) is 7.58. The molecule has 1 aliphatic heterocycles. The molecule has 6 nitrogen and oxygen atoms in total. The van der Waals surface area contributed by atoms with E-state index in [2.05, 4.69) is 20.5 Å². The number of aromatic nitrogens is 2. The van der Waals surface area contributed by atoms with Crippen LogP contribution in [0.25, 0.3) is 10.8 Å². The Bertz CT molecular complexity index is 631. The third-order valence-corrected chi connectivity index (χ3v) is 4.02. The molecule has 0 bridgehead atoms. The van der Waals surface area contributed by atoms with Gasteiger partial charge in [0, 0.05) is 17.3 Å². The molecule has 0 unspecified atom stereocenters. The second-order valence-corrected chi connectivity index (χ2v) is 5.39. The molecule has 2 aromatic rings. The summed E-state index contributed by atoms with van der Waals surface area (Å²) in [5, 5.41) is 10.6. The molecule has 120 valence electrons. The van der Waals surface area contributed by atoms with Crippen molar-refractivity contribution in [1.82, 2.24) is 15.1 Å². The number of hydrazine groups is 1. The number of hydrogen-bond acceptors (Lipinski definition) is 6. The molecule has 3 N–H and O–H groups in total. The molecule has 2 heterocycles. The molecule has 1 fully saturated rings. The highest BCUT2D eigenvalue weighted by molar-refractivity contribution is 5.93. The van der Waals surface area contributed by atoms with E-state index in [0.29, 0.717) is 5.82 Å². The summed E-state index contributed by atoms with van der Waals surface area (Å²) in [7, 11) is 1.65. The van der Waals surface area contributed by atoms with Crippen LogP contribution in [-0.2, 0) is 6.54 Å². The third kappa shape index (κ3) is 3.40. The molecule has 7 heteroatoms. The lowest BCUT2D eigenvalue weighted by Gasteiger charge is -2.26. The third-order valence-electron chi connectivity index (χ3n) is 4.02. The molecule has 1 aromatic heterocycles. The monoisotopic (exact) mass is 323 g/mol. The first kappa shape index (κ1) is 16.7. The molecule has 0 aliphatic carbocycles. The number of ether oxygens (including phenoxy) is 1. The van der Waals surface area contributed by atoms with Gasteiger partial charge in [0.05, 0.1) is 12.8 Å². The van der Waals surface area contributed by atoms with Gasteiger partial charge in [0.2, 0.25) is 0 Å². The fraction of sp³-hybridized carbons (Fsp3) is 0.467. The Morgan fingerprint density at radius 2 is 1.95 bits per heavy atom. The molecule has 0 amide bonds. The zero-order valence-corrected chi connectivity index (χ0v) is 13.5. The van der Waals surface area contributed by atoms with Gasteiger partial charge in [0.1, 0.15) is 5.75 Å². The Hall–Kier alpha value is -1.63. The zero-order chi connectivity index (χ0) is 14.7. The Morgan fingerprint density at radius 1 is 1.18 bits per heavy atom. The van der Waals surface area contributed by atoms with Crippen molar-refractivity contribution >= 4 is 29.0 Å². The second-order valence-electron chi connectivity index (χ2n) is 5.39. The standard InChI is InChI=1S/C15H21N5O.ClH/c1-21-11-5-6-12-13(9-11)15(17-16)19-18-14(12)10-20-7-3-2-4-8-20;/h5-6,9H,2-4,7-8,10,16H2,1H3,(H,17,19);1H.